The van der Waals surface area contributed by atoms with Gasteiger partial charge in [0.1, 0.15) is 0 Å². The molecule has 2 rings (SSSR count). The number of hydrogen-bond acceptors (Lipinski definition) is 4. The monoisotopic (exact) mass is 335 g/mol. The van der Waals surface area contributed by atoms with Crippen LogP contribution in [0.15, 0.2) is 22.8 Å². The molecule has 1 aromatic rings. The third-order valence-electron chi connectivity index (χ3n) is 4.54. The summed E-state index contributed by atoms with van der Waals surface area (Å²) in [6.07, 6.45) is 6.28. The van der Waals surface area contributed by atoms with Crippen molar-refractivity contribution in [3.05, 3.63) is 24.2 Å². The molecular weight excluding hydrogens is 306 g/mol. The van der Waals surface area contributed by atoms with Gasteiger partial charge in [0.2, 0.25) is 5.91 Å². The van der Waals surface area contributed by atoms with E-state index in [1.54, 1.807) is 12.1 Å². The molecule has 1 aromatic heterocycles. The van der Waals surface area contributed by atoms with Crippen molar-refractivity contribution < 1.29 is 14.0 Å². The van der Waals surface area contributed by atoms with Gasteiger partial charge in [-0.15, -0.1) is 0 Å². The van der Waals surface area contributed by atoms with Crippen LogP contribution in [0.5, 0.6) is 0 Å². The Bertz CT molecular complexity index is 520. The smallest absolute Gasteiger partial charge is 0.286 e. The molecule has 2 amide bonds. The third-order valence-corrected chi connectivity index (χ3v) is 4.54. The summed E-state index contributed by atoms with van der Waals surface area (Å²) >= 11 is 0. The number of carbonyl (C=O) groups is 2. The molecule has 6 heteroatoms. The van der Waals surface area contributed by atoms with Crippen molar-refractivity contribution in [2.24, 2.45) is 0 Å². The standard InChI is InChI=1S/C18H29N3O3/c1-18(2,21-11-4-3-5-12-21)14-20-16(22)9-6-10-19-17(23)15-8-7-13-24-15/h7-8,13H,3-6,9-12,14H2,1-2H3,(H,19,23)(H,20,22). The molecular formula is C18H29N3O3. The van der Waals surface area contributed by atoms with Gasteiger partial charge < -0.3 is 15.1 Å². The van der Waals surface area contributed by atoms with Crippen LogP contribution in [0.4, 0.5) is 0 Å². The largest absolute Gasteiger partial charge is 0.459 e. The lowest BCUT2D eigenvalue weighted by Gasteiger charge is -2.41. The van der Waals surface area contributed by atoms with Gasteiger partial charge in [-0.2, -0.15) is 0 Å². The molecule has 0 radical (unpaired) electrons. The van der Waals surface area contributed by atoms with Gasteiger partial charge >= 0.3 is 0 Å². The first-order valence-corrected chi connectivity index (χ1v) is 8.82. The Morgan fingerprint density at radius 1 is 1.21 bits per heavy atom. The molecule has 2 heterocycles. The van der Waals surface area contributed by atoms with E-state index in [1.165, 1.54) is 25.5 Å². The van der Waals surface area contributed by atoms with Crippen LogP contribution in [-0.2, 0) is 4.79 Å². The quantitative estimate of drug-likeness (QED) is 0.714. The van der Waals surface area contributed by atoms with E-state index in [0.29, 0.717) is 31.7 Å². The van der Waals surface area contributed by atoms with Gasteiger partial charge in [0, 0.05) is 25.0 Å². The van der Waals surface area contributed by atoms with Gasteiger partial charge in [-0.1, -0.05) is 6.42 Å². The van der Waals surface area contributed by atoms with Gasteiger partial charge in [-0.25, -0.2) is 0 Å². The Labute approximate surface area is 144 Å². The number of carbonyl (C=O) groups excluding carboxylic acids is 2. The zero-order chi connectivity index (χ0) is 17.4. The molecule has 0 atom stereocenters. The first-order valence-electron chi connectivity index (χ1n) is 8.82. The van der Waals surface area contributed by atoms with Crippen LogP contribution in [0.25, 0.3) is 0 Å². The second-order valence-corrected chi connectivity index (χ2v) is 6.97. The summed E-state index contributed by atoms with van der Waals surface area (Å²) in [6.45, 7) is 7.71. The number of likely N-dealkylation sites (tertiary alicyclic amines) is 1. The highest BCUT2D eigenvalue weighted by Gasteiger charge is 2.28. The van der Waals surface area contributed by atoms with Crippen LogP contribution >= 0.6 is 0 Å². The Morgan fingerprint density at radius 3 is 2.62 bits per heavy atom. The van der Waals surface area contributed by atoms with Gasteiger partial charge in [0.05, 0.1) is 6.26 Å². The van der Waals surface area contributed by atoms with Crippen LogP contribution in [0, 0.1) is 0 Å². The first-order chi connectivity index (χ1) is 11.5. The third kappa shape index (κ3) is 5.67. The second-order valence-electron chi connectivity index (χ2n) is 6.97. The second kappa shape index (κ2) is 8.87. The molecule has 0 unspecified atom stereocenters. The Kier molecular flexibility index (Phi) is 6.85. The van der Waals surface area contributed by atoms with Gasteiger partial charge in [0.25, 0.3) is 5.91 Å². The zero-order valence-electron chi connectivity index (χ0n) is 14.8. The number of nitrogens with one attached hydrogen (secondary N) is 2. The average Bonchev–Trinajstić information content (AvgIpc) is 3.12. The molecule has 2 N–H and O–H groups in total. The molecule has 0 saturated carbocycles. The number of hydrogen-bond donors (Lipinski definition) is 2. The van der Waals surface area contributed by atoms with Crippen LogP contribution in [0.1, 0.15) is 56.5 Å². The van der Waals surface area contributed by atoms with Crippen molar-refractivity contribution in [2.75, 3.05) is 26.2 Å². The van der Waals surface area contributed by atoms with E-state index in [0.717, 1.165) is 13.1 Å². The summed E-state index contributed by atoms with van der Waals surface area (Å²) in [5.74, 6) is 0.0849. The summed E-state index contributed by atoms with van der Waals surface area (Å²) < 4.78 is 5.01. The van der Waals surface area contributed by atoms with E-state index in [1.807, 2.05) is 0 Å². The maximum absolute atomic E-state index is 12.0. The molecule has 6 nitrogen and oxygen atoms in total. The Hall–Kier alpha value is -1.82. The minimum absolute atomic E-state index is 0.0103. The maximum Gasteiger partial charge on any atom is 0.286 e. The number of rotatable bonds is 8. The number of amides is 2. The fourth-order valence-corrected chi connectivity index (χ4v) is 2.96. The molecule has 0 bridgehead atoms. The van der Waals surface area contributed by atoms with Gasteiger partial charge in [0.15, 0.2) is 5.76 Å². The van der Waals surface area contributed by atoms with E-state index in [2.05, 4.69) is 29.4 Å². The Morgan fingerprint density at radius 2 is 1.96 bits per heavy atom. The van der Waals surface area contributed by atoms with E-state index in [4.69, 9.17) is 4.42 Å². The zero-order valence-corrected chi connectivity index (χ0v) is 14.8. The molecule has 1 aliphatic rings. The summed E-state index contributed by atoms with van der Waals surface area (Å²) in [7, 11) is 0. The SMILES string of the molecule is CC(C)(CNC(=O)CCCNC(=O)c1ccco1)N1CCCCC1. The highest BCUT2D eigenvalue weighted by atomic mass is 16.3. The fraction of sp³-hybridized carbons (Fsp3) is 0.667. The minimum Gasteiger partial charge on any atom is -0.459 e. The molecule has 134 valence electrons. The molecule has 1 saturated heterocycles. The van der Waals surface area contributed by atoms with E-state index >= 15 is 0 Å². The fourth-order valence-electron chi connectivity index (χ4n) is 2.96. The van der Waals surface area contributed by atoms with E-state index < -0.39 is 0 Å². The average molecular weight is 335 g/mol. The topological polar surface area (TPSA) is 74.6 Å². The summed E-state index contributed by atoms with van der Waals surface area (Å²) in [6, 6.07) is 3.29. The lowest BCUT2D eigenvalue weighted by molar-refractivity contribution is -0.121. The first kappa shape index (κ1) is 18.5. The highest BCUT2D eigenvalue weighted by Crippen LogP contribution is 2.19. The van der Waals surface area contributed by atoms with Crippen molar-refractivity contribution in [1.29, 1.82) is 0 Å². The molecule has 1 fully saturated rings. The summed E-state index contributed by atoms with van der Waals surface area (Å²) in [5, 5.41) is 5.77. The molecule has 24 heavy (non-hydrogen) atoms. The number of furan rings is 1. The van der Waals surface area contributed by atoms with E-state index in [-0.39, 0.29) is 17.4 Å². The minimum atomic E-state index is -0.244. The van der Waals surface area contributed by atoms with Crippen LogP contribution < -0.4 is 10.6 Å². The number of piperidine rings is 1. The summed E-state index contributed by atoms with van der Waals surface area (Å²) in [5.41, 5.74) is -0.0103. The molecule has 0 aromatic carbocycles. The predicted molar refractivity (Wildman–Crippen MR) is 92.8 cm³/mol. The van der Waals surface area contributed by atoms with Crippen LogP contribution in [0.3, 0.4) is 0 Å². The highest BCUT2D eigenvalue weighted by molar-refractivity contribution is 5.91. The molecule has 1 aliphatic heterocycles. The molecule has 0 spiro atoms. The van der Waals surface area contributed by atoms with Crippen molar-refractivity contribution in [2.45, 2.75) is 51.5 Å². The maximum atomic E-state index is 12.0. The normalized spacial score (nSPS) is 15.9. The Balaban J connectivity index is 1.60. The van der Waals surface area contributed by atoms with Crippen molar-refractivity contribution in [3.63, 3.8) is 0 Å². The molecule has 0 aliphatic carbocycles. The lowest BCUT2D eigenvalue weighted by Crippen LogP contribution is -2.53. The van der Waals surface area contributed by atoms with Crippen LogP contribution in [-0.4, -0.2) is 48.4 Å². The predicted octanol–water partition coefficient (Wildman–Crippen LogP) is 2.17. The van der Waals surface area contributed by atoms with Gasteiger partial charge in [-0.3, -0.25) is 14.5 Å². The van der Waals surface area contributed by atoms with Gasteiger partial charge in [-0.05, 0) is 58.3 Å². The van der Waals surface area contributed by atoms with Crippen molar-refractivity contribution in [1.82, 2.24) is 15.5 Å². The van der Waals surface area contributed by atoms with E-state index in [9.17, 15) is 9.59 Å². The van der Waals surface area contributed by atoms with Crippen molar-refractivity contribution in [3.8, 4) is 0 Å². The van der Waals surface area contributed by atoms with Crippen LogP contribution in [0.2, 0.25) is 0 Å². The summed E-state index contributed by atoms with van der Waals surface area (Å²) in [4.78, 5) is 26.1. The van der Waals surface area contributed by atoms with Crippen molar-refractivity contribution >= 4 is 11.8 Å². The number of nitrogens with zero attached hydrogens (tertiary/aromatic N) is 1. The lowest BCUT2D eigenvalue weighted by atomic mass is 9.98.